The van der Waals surface area contributed by atoms with Gasteiger partial charge in [0.15, 0.2) is 0 Å². The van der Waals surface area contributed by atoms with E-state index in [9.17, 15) is 9.59 Å². The van der Waals surface area contributed by atoms with Crippen LogP contribution in [0.15, 0.2) is 85.3 Å². The summed E-state index contributed by atoms with van der Waals surface area (Å²) in [5.74, 6) is -0.520. The fraction of sp³-hybridized carbons (Fsp3) is 0.115. The molecule has 0 saturated heterocycles. The number of imidazole rings is 1. The summed E-state index contributed by atoms with van der Waals surface area (Å²) < 4.78 is 2.00. The molecule has 3 aromatic carbocycles. The Hall–Kier alpha value is -4.39. The van der Waals surface area contributed by atoms with Crippen molar-refractivity contribution in [2.45, 2.75) is 19.4 Å². The van der Waals surface area contributed by atoms with E-state index in [1.807, 2.05) is 83.6 Å². The largest absolute Gasteiger partial charge is 0.361 e. The summed E-state index contributed by atoms with van der Waals surface area (Å²) in [5, 5.41) is 6.75. The Morgan fingerprint density at radius 2 is 1.76 bits per heavy atom. The quantitative estimate of drug-likeness (QED) is 0.372. The molecule has 0 spiro atoms. The highest BCUT2D eigenvalue weighted by Gasteiger charge is 2.21. The van der Waals surface area contributed by atoms with Gasteiger partial charge < -0.3 is 15.6 Å². The molecule has 0 bridgehead atoms. The average Bonchev–Trinajstić information content (AvgIpc) is 3.43. The van der Waals surface area contributed by atoms with Crippen molar-refractivity contribution in [1.29, 1.82) is 0 Å². The van der Waals surface area contributed by atoms with Crippen molar-refractivity contribution >= 4 is 39.4 Å². The smallest absolute Gasteiger partial charge is 0.247 e. The summed E-state index contributed by atoms with van der Waals surface area (Å²) in [6.07, 6.45) is 4.05. The number of H-pyrrole nitrogens is 1. The fourth-order valence-electron chi connectivity index (χ4n) is 4.07. The Morgan fingerprint density at radius 3 is 2.58 bits per heavy atom. The van der Waals surface area contributed by atoms with E-state index in [1.165, 1.54) is 6.92 Å². The molecule has 0 aliphatic carbocycles. The number of aromatic nitrogens is 3. The van der Waals surface area contributed by atoms with Crippen LogP contribution in [-0.2, 0) is 16.0 Å². The van der Waals surface area contributed by atoms with Gasteiger partial charge in [0.25, 0.3) is 0 Å². The van der Waals surface area contributed by atoms with Crippen molar-refractivity contribution in [3.8, 4) is 5.69 Å². The molecule has 2 heterocycles. The lowest BCUT2D eigenvalue weighted by Crippen LogP contribution is -2.44. The van der Waals surface area contributed by atoms with Gasteiger partial charge in [-0.3, -0.25) is 14.2 Å². The van der Waals surface area contributed by atoms with Gasteiger partial charge in [0.2, 0.25) is 11.8 Å². The predicted molar refractivity (Wildman–Crippen MR) is 129 cm³/mol. The van der Waals surface area contributed by atoms with E-state index in [-0.39, 0.29) is 11.8 Å². The molecule has 7 heteroatoms. The SMILES string of the molecule is CC(=O)NC(Cc1c[nH]c2ccccc12)C(=O)Nc1ccc(-n2cnc3ccccc32)cc1. The average molecular weight is 438 g/mol. The van der Waals surface area contributed by atoms with Crippen molar-refractivity contribution in [3.63, 3.8) is 0 Å². The number of nitrogens with zero attached hydrogens (tertiary/aromatic N) is 2. The molecule has 0 saturated carbocycles. The zero-order valence-electron chi connectivity index (χ0n) is 18.1. The van der Waals surface area contributed by atoms with Crippen LogP contribution >= 0.6 is 0 Å². The molecule has 1 unspecified atom stereocenters. The van der Waals surface area contributed by atoms with Gasteiger partial charge in [0.05, 0.1) is 11.0 Å². The summed E-state index contributed by atoms with van der Waals surface area (Å²) >= 11 is 0. The van der Waals surface area contributed by atoms with Crippen molar-refractivity contribution in [2.24, 2.45) is 0 Å². The molecular formula is C26H23N5O2. The number of rotatable bonds is 6. The Kier molecular flexibility index (Phi) is 5.36. The van der Waals surface area contributed by atoms with Crippen LogP contribution in [0.1, 0.15) is 12.5 Å². The molecule has 5 rings (SSSR count). The molecule has 33 heavy (non-hydrogen) atoms. The monoisotopic (exact) mass is 437 g/mol. The first-order valence-corrected chi connectivity index (χ1v) is 10.7. The number of benzene rings is 3. The van der Waals surface area contributed by atoms with E-state index in [0.29, 0.717) is 12.1 Å². The Balaban J connectivity index is 1.34. The first-order valence-electron chi connectivity index (χ1n) is 10.7. The fourth-order valence-corrected chi connectivity index (χ4v) is 4.07. The third kappa shape index (κ3) is 4.21. The number of carbonyl (C=O) groups is 2. The van der Waals surface area contributed by atoms with E-state index in [1.54, 1.807) is 6.33 Å². The third-order valence-electron chi connectivity index (χ3n) is 5.66. The van der Waals surface area contributed by atoms with E-state index in [0.717, 1.165) is 33.2 Å². The molecule has 0 aliphatic rings. The van der Waals surface area contributed by atoms with E-state index < -0.39 is 6.04 Å². The molecule has 0 radical (unpaired) electrons. The number of anilines is 1. The van der Waals surface area contributed by atoms with E-state index >= 15 is 0 Å². The number of amides is 2. The maximum atomic E-state index is 13.0. The lowest BCUT2D eigenvalue weighted by atomic mass is 10.0. The molecule has 3 N–H and O–H groups in total. The van der Waals surface area contributed by atoms with E-state index in [4.69, 9.17) is 0 Å². The van der Waals surface area contributed by atoms with Gasteiger partial charge in [-0.1, -0.05) is 30.3 Å². The van der Waals surface area contributed by atoms with Crippen LogP contribution < -0.4 is 10.6 Å². The molecule has 1 atom stereocenters. The maximum absolute atomic E-state index is 13.0. The van der Waals surface area contributed by atoms with Crippen LogP contribution in [0.25, 0.3) is 27.6 Å². The summed E-state index contributed by atoms with van der Waals surface area (Å²) in [5.41, 5.74) is 5.50. The van der Waals surface area contributed by atoms with Crippen LogP contribution in [0.5, 0.6) is 0 Å². The zero-order chi connectivity index (χ0) is 22.8. The minimum absolute atomic E-state index is 0.252. The maximum Gasteiger partial charge on any atom is 0.247 e. The highest BCUT2D eigenvalue weighted by Crippen LogP contribution is 2.21. The van der Waals surface area contributed by atoms with Gasteiger partial charge in [-0.05, 0) is 48.0 Å². The first-order chi connectivity index (χ1) is 16.1. The zero-order valence-corrected chi connectivity index (χ0v) is 18.1. The highest BCUT2D eigenvalue weighted by atomic mass is 16.2. The summed E-state index contributed by atoms with van der Waals surface area (Å²) in [6, 6.07) is 22.7. The number of hydrogen-bond donors (Lipinski definition) is 3. The highest BCUT2D eigenvalue weighted by molar-refractivity contribution is 5.97. The minimum Gasteiger partial charge on any atom is -0.361 e. The molecule has 0 aliphatic heterocycles. The van der Waals surface area contributed by atoms with Gasteiger partial charge in [-0.15, -0.1) is 0 Å². The standard InChI is InChI=1S/C26H23N5O2/c1-17(32)29-24(14-18-15-27-22-7-3-2-6-21(18)22)26(33)30-19-10-12-20(13-11-19)31-16-28-23-8-4-5-9-25(23)31/h2-13,15-16,24,27H,14H2,1H3,(H,29,32)(H,30,33). The van der Waals surface area contributed by atoms with Crippen LogP contribution in [0, 0.1) is 0 Å². The topological polar surface area (TPSA) is 91.8 Å². The Bertz CT molecular complexity index is 1450. The normalized spacial score (nSPS) is 12.0. The van der Waals surface area contributed by atoms with Crippen molar-refractivity contribution in [1.82, 2.24) is 19.9 Å². The first kappa shape index (κ1) is 20.5. The molecule has 5 aromatic rings. The molecule has 2 aromatic heterocycles. The molecule has 2 amide bonds. The number of para-hydroxylation sites is 3. The lowest BCUT2D eigenvalue weighted by molar-refractivity contribution is -0.125. The van der Waals surface area contributed by atoms with Crippen molar-refractivity contribution in [2.75, 3.05) is 5.32 Å². The second kappa shape index (κ2) is 8.63. The van der Waals surface area contributed by atoms with Gasteiger partial charge in [0, 0.05) is 41.8 Å². The predicted octanol–water partition coefficient (Wildman–Crippen LogP) is 4.19. The second-order valence-electron chi connectivity index (χ2n) is 7.96. The second-order valence-corrected chi connectivity index (χ2v) is 7.96. The summed E-state index contributed by atoms with van der Waals surface area (Å²) in [7, 11) is 0. The summed E-state index contributed by atoms with van der Waals surface area (Å²) in [4.78, 5) is 32.5. The number of nitrogens with one attached hydrogen (secondary N) is 3. The number of fused-ring (bicyclic) bond motifs is 2. The van der Waals surface area contributed by atoms with Crippen LogP contribution in [0.4, 0.5) is 5.69 Å². The molecular weight excluding hydrogens is 414 g/mol. The van der Waals surface area contributed by atoms with Crippen molar-refractivity contribution in [3.05, 3.63) is 90.9 Å². The van der Waals surface area contributed by atoms with Gasteiger partial charge in [-0.25, -0.2) is 4.98 Å². The Morgan fingerprint density at radius 1 is 1.00 bits per heavy atom. The van der Waals surface area contributed by atoms with Gasteiger partial charge in [-0.2, -0.15) is 0 Å². The molecule has 164 valence electrons. The van der Waals surface area contributed by atoms with Gasteiger partial charge in [0.1, 0.15) is 12.4 Å². The summed E-state index contributed by atoms with van der Waals surface area (Å²) in [6.45, 7) is 1.42. The van der Waals surface area contributed by atoms with Crippen LogP contribution in [-0.4, -0.2) is 32.4 Å². The number of hydrogen-bond acceptors (Lipinski definition) is 3. The molecule has 7 nitrogen and oxygen atoms in total. The van der Waals surface area contributed by atoms with Gasteiger partial charge >= 0.3 is 0 Å². The van der Waals surface area contributed by atoms with E-state index in [2.05, 4.69) is 20.6 Å². The third-order valence-corrected chi connectivity index (χ3v) is 5.66. The minimum atomic E-state index is -0.695. The number of aromatic amines is 1. The lowest BCUT2D eigenvalue weighted by Gasteiger charge is -2.18. The van der Waals surface area contributed by atoms with Crippen LogP contribution in [0.2, 0.25) is 0 Å². The van der Waals surface area contributed by atoms with Crippen molar-refractivity contribution < 1.29 is 9.59 Å². The molecule has 0 fully saturated rings. The number of carbonyl (C=O) groups excluding carboxylic acids is 2. The Labute approximate surface area is 190 Å². The van der Waals surface area contributed by atoms with Crippen LogP contribution in [0.3, 0.4) is 0 Å².